The highest BCUT2D eigenvalue weighted by Crippen LogP contribution is 2.46. The highest BCUT2D eigenvalue weighted by atomic mass is 35.5. The van der Waals surface area contributed by atoms with Gasteiger partial charge in [0.25, 0.3) is 0 Å². The normalized spacial score (nSPS) is 16.5. The quantitative estimate of drug-likeness (QED) is 0.549. The molecule has 3 aromatic rings. The van der Waals surface area contributed by atoms with Crippen molar-refractivity contribution in [2.45, 2.75) is 48.4 Å². The number of halogens is 2. The first-order valence-electron chi connectivity index (χ1n) is 8.78. The number of nitrogens with zero attached hydrogens (tertiary/aromatic N) is 2. The molecule has 1 aliphatic rings. The van der Waals surface area contributed by atoms with Crippen molar-refractivity contribution in [3.05, 3.63) is 51.9 Å². The Morgan fingerprint density at radius 2 is 2.15 bits per heavy atom. The van der Waals surface area contributed by atoms with E-state index in [1.54, 1.807) is 17.8 Å². The van der Waals surface area contributed by atoms with E-state index in [9.17, 15) is 9.90 Å². The van der Waals surface area contributed by atoms with Crippen molar-refractivity contribution in [1.82, 2.24) is 9.55 Å². The van der Waals surface area contributed by atoms with Crippen LogP contribution in [0.1, 0.15) is 36.6 Å². The predicted molar refractivity (Wildman–Crippen MR) is 109 cm³/mol. The van der Waals surface area contributed by atoms with Crippen LogP contribution in [0.4, 0.5) is 0 Å². The van der Waals surface area contributed by atoms with Crippen molar-refractivity contribution < 1.29 is 9.90 Å². The lowest BCUT2D eigenvalue weighted by Crippen LogP contribution is -2.18. The summed E-state index contributed by atoms with van der Waals surface area (Å²) in [6, 6.07) is 7.60. The maximum absolute atomic E-state index is 11.5. The van der Waals surface area contributed by atoms with Crippen molar-refractivity contribution in [3.8, 4) is 0 Å². The van der Waals surface area contributed by atoms with E-state index in [1.807, 2.05) is 31.3 Å². The van der Waals surface area contributed by atoms with Crippen molar-refractivity contribution in [2.24, 2.45) is 0 Å². The Kier molecular flexibility index (Phi) is 5.10. The van der Waals surface area contributed by atoms with Crippen LogP contribution in [-0.4, -0.2) is 20.6 Å². The zero-order valence-electron chi connectivity index (χ0n) is 14.7. The lowest BCUT2D eigenvalue weighted by atomic mass is 9.93. The number of hydrogen-bond acceptors (Lipinski definition) is 3. The smallest absolute Gasteiger partial charge is 0.304 e. The summed E-state index contributed by atoms with van der Waals surface area (Å²) >= 11 is 13.9. The Bertz CT molecular complexity index is 1050. The van der Waals surface area contributed by atoms with E-state index in [0.29, 0.717) is 10.0 Å². The van der Waals surface area contributed by atoms with E-state index < -0.39 is 5.97 Å². The molecule has 0 amide bonds. The van der Waals surface area contributed by atoms with Crippen LogP contribution in [-0.2, 0) is 11.3 Å². The van der Waals surface area contributed by atoms with Gasteiger partial charge in [-0.25, -0.2) is 0 Å². The van der Waals surface area contributed by atoms with Crippen LogP contribution in [0.25, 0.3) is 10.9 Å². The van der Waals surface area contributed by atoms with E-state index >= 15 is 0 Å². The number of aromatic nitrogens is 2. The van der Waals surface area contributed by atoms with Crippen LogP contribution in [0.2, 0.25) is 10.0 Å². The van der Waals surface area contributed by atoms with E-state index in [1.165, 1.54) is 0 Å². The SMILES string of the molecule is Cc1nccc2c1c(Sc1ccc(Cl)c(Cl)c1)c1n2CCCC1CC(=O)O. The summed E-state index contributed by atoms with van der Waals surface area (Å²) in [6.45, 7) is 2.90. The first-order chi connectivity index (χ1) is 13.0. The first kappa shape index (κ1) is 18.7. The number of aliphatic carboxylic acids is 1. The molecule has 0 saturated heterocycles. The molecule has 0 bridgehead atoms. The second-order valence-corrected chi connectivity index (χ2v) is 8.67. The van der Waals surface area contributed by atoms with Crippen molar-refractivity contribution in [1.29, 1.82) is 0 Å². The van der Waals surface area contributed by atoms with Crippen molar-refractivity contribution in [2.75, 3.05) is 0 Å². The summed E-state index contributed by atoms with van der Waals surface area (Å²) in [7, 11) is 0. The van der Waals surface area contributed by atoms with Gasteiger partial charge in [-0.05, 0) is 44.0 Å². The number of pyridine rings is 1. The molecule has 0 fully saturated rings. The number of carboxylic acids is 1. The summed E-state index contributed by atoms with van der Waals surface area (Å²) in [5.41, 5.74) is 3.17. The first-order valence-corrected chi connectivity index (χ1v) is 10.4. The van der Waals surface area contributed by atoms with Crippen LogP contribution < -0.4 is 0 Å². The van der Waals surface area contributed by atoms with Crippen LogP contribution >= 0.6 is 35.0 Å². The molecule has 7 heteroatoms. The van der Waals surface area contributed by atoms with Crippen LogP contribution in [0.5, 0.6) is 0 Å². The molecule has 1 atom stereocenters. The standard InChI is InChI=1S/C20H18Cl2N2O2S/c1-11-18-16(6-7-23-11)24-8-2-3-12(9-17(25)26)19(24)20(18)27-13-4-5-14(21)15(22)10-13/h4-7,10,12H,2-3,8-9H2,1H3,(H,25,26). The van der Waals surface area contributed by atoms with Gasteiger partial charge in [-0.1, -0.05) is 35.0 Å². The van der Waals surface area contributed by atoms with Gasteiger partial charge in [0.05, 0.1) is 22.0 Å². The second-order valence-electron chi connectivity index (χ2n) is 6.77. The molecule has 3 heterocycles. The largest absolute Gasteiger partial charge is 0.481 e. The molecule has 27 heavy (non-hydrogen) atoms. The third-order valence-corrected chi connectivity index (χ3v) is 6.86. The Hall–Kier alpha value is -1.69. The fourth-order valence-electron chi connectivity index (χ4n) is 3.89. The number of fused-ring (bicyclic) bond motifs is 3. The molecule has 1 N–H and O–H groups in total. The molecule has 0 aliphatic carbocycles. The summed E-state index contributed by atoms with van der Waals surface area (Å²) in [5, 5.41) is 11.5. The molecule has 1 aromatic carbocycles. The minimum absolute atomic E-state index is 0.00618. The summed E-state index contributed by atoms with van der Waals surface area (Å²) in [5.74, 6) is -0.771. The molecular formula is C20H18Cl2N2O2S. The molecule has 1 unspecified atom stereocenters. The minimum atomic E-state index is -0.765. The van der Waals surface area contributed by atoms with Crippen LogP contribution in [0.3, 0.4) is 0 Å². The Labute approximate surface area is 171 Å². The molecule has 140 valence electrons. The molecule has 0 spiro atoms. The fraction of sp³-hybridized carbons (Fsp3) is 0.300. The van der Waals surface area contributed by atoms with Gasteiger partial charge in [-0.15, -0.1) is 0 Å². The van der Waals surface area contributed by atoms with E-state index in [0.717, 1.165) is 51.5 Å². The molecule has 0 saturated carbocycles. The number of rotatable bonds is 4. The van der Waals surface area contributed by atoms with Crippen molar-refractivity contribution >= 4 is 51.8 Å². The lowest BCUT2D eigenvalue weighted by Gasteiger charge is -2.25. The number of aryl methyl sites for hydroxylation is 2. The molecule has 4 nitrogen and oxygen atoms in total. The van der Waals surface area contributed by atoms with Gasteiger partial charge >= 0.3 is 5.97 Å². The third kappa shape index (κ3) is 3.44. The van der Waals surface area contributed by atoms with Gasteiger partial charge in [-0.2, -0.15) is 0 Å². The zero-order chi connectivity index (χ0) is 19.1. The Balaban J connectivity index is 1.92. The van der Waals surface area contributed by atoms with Gasteiger partial charge in [0.1, 0.15) is 0 Å². The monoisotopic (exact) mass is 420 g/mol. The Morgan fingerprint density at radius 3 is 2.89 bits per heavy atom. The Morgan fingerprint density at radius 1 is 1.33 bits per heavy atom. The molecule has 1 aliphatic heterocycles. The van der Waals surface area contributed by atoms with Gasteiger partial charge < -0.3 is 9.67 Å². The van der Waals surface area contributed by atoms with E-state index in [2.05, 4.69) is 9.55 Å². The summed E-state index contributed by atoms with van der Waals surface area (Å²) in [6.07, 6.45) is 3.81. The number of carboxylic acid groups (broad SMARTS) is 1. The third-order valence-electron chi connectivity index (χ3n) is 5.01. The highest BCUT2D eigenvalue weighted by molar-refractivity contribution is 7.99. The van der Waals surface area contributed by atoms with Gasteiger partial charge in [0.2, 0.25) is 0 Å². The number of hydrogen-bond donors (Lipinski definition) is 1. The summed E-state index contributed by atoms with van der Waals surface area (Å²) in [4.78, 5) is 18.0. The predicted octanol–water partition coefficient (Wildman–Crippen LogP) is 6.15. The van der Waals surface area contributed by atoms with Crippen LogP contribution in [0, 0.1) is 6.92 Å². The lowest BCUT2D eigenvalue weighted by molar-refractivity contribution is -0.137. The van der Waals surface area contributed by atoms with Crippen LogP contribution in [0.15, 0.2) is 40.3 Å². The van der Waals surface area contributed by atoms with Gasteiger partial charge in [0.15, 0.2) is 0 Å². The van der Waals surface area contributed by atoms with Crippen molar-refractivity contribution in [3.63, 3.8) is 0 Å². The average Bonchev–Trinajstić information content (AvgIpc) is 2.94. The van der Waals surface area contributed by atoms with E-state index in [4.69, 9.17) is 23.2 Å². The van der Waals surface area contributed by atoms with Gasteiger partial charge in [0, 0.05) is 45.2 Å². The number of carbonyl (C=O) groups is 1. The maximum Gasteiger partial charge on any atom is 0.304 e. The topological polar surface area (TPSA) is 55.1 Å². The fourth-order valence-corrected chi connectivity index (χ4v) is 5.54. The molecular weight excluding hydrogens is 403 g/mol. The maximum atomic E-state index is 11.5. The highest BCUT2D eigenvalue weighted by Gasteiger charge is 2.30. The average molecular weight is 421 g/mol. The molecule has 0 radical (unpaired) electrons. The minimum Gasteiger partial charge on any atom is -0.481 e. The molecule has 4 rings (SSSR count). The second kappa shape index (κ2) is 7.38. The van der Waals surface area contributed by atoms with Gasteiger partial charge in [-0.3, -0.25) is 9.78 Å². The number of benzene rings is 1. The summed E-state index contributed by atoms with van der Waals surface area (Å²) < 4.78 is 2.28. The zero-order valence-corrected chi connectivity index (χ0v) is 17.0. The molecule has 2 aromatic heterocycles. The van der Waals surface area contributed by atoms with E-state index in [-0.39, 0.29) is 12.3 Å².